The van der Waals surface area contributed by atoms with E-state index in [1.165, 1.54) is 0 Å². The average molecular weight is 360 g/mol. The number of rotatable bonds is 4. The standard InChI is InChI=1S/C19H18F2N2O3/c20-15-7-4-8-16(21)18(15)19(25)26-13-17(24)23-11-9-22(10-12-23)14-5-2-1-3-6-14/h1-8H,9-13H2. The second-order valence-electron chi connectivity index (χ2n) is 5.88. The second-order valence-corrected chi connectivity index (χ2v) is 5.88. The Morgan fingerprint density at radius 1 is 0.885 bits per heavy atom. The Kier molecular flexibility index (Phi) is 5.46. The highest BCUT2D eigenvalue weighted by atomic mass is 19.1. The van der Waals surface area contributed by atoms with E-state index in [9.17, 15) is 18.4 Å². The topological polar surface area (TPSA) is 49.9 Å². The number of hydrogen-bond donors (Lipinski definition) is 0. The molecule has 0 saturated carbocycles. The highest BCUT2D eigenvalue weighted by molar-refractivity contribution is 5.91. The fraction of sp³-hybridized carbons (Fsp3) is 0.263. The van der Waals surface area contributed by atoms with E-state index in [1.807, 2.05) is 30.3 Å². The predicted molar refractivity (Wildman–Crippen MR) is 91.9 cm³/mol. The van der Waals surface area contributed by atoms with E-state index in [2.05, 4.69) is 4.90 Å². The molecule has 2 aromatic carbocycles. The lowest BCUT2D eigenvalue weighted by atomic mass is 10.2. The van der Waals surface area contributed by atoms with Crippen LogP contribution in [-0.2, 0) is 9.53 Å². The molecular formula is C19H18F2N2O3. The molecular weight excluding hydrogens is 342 g/mol. The molecule has 1 amide bonds. The average Bonchev–Trinajstić information content (AvgIpc) is 2.67. The van der Waals surface area contributed by atoms with Crippen LogP contribution in [0.2, 0.25) is 0 Å². The first-order valence-electron chi connectivity index (χ1n) is 8.25. The van der Waals surface area contributed by atoms with E-state index >= 15 is 0 Å². The third kappa shape index (κ3) is 3.99. The zero-order valence-electron chi connectivity index (χ0n) is 14.0. The summed E-state index contributed by atoms with van der Waals surface area (Å²) in [6, 6.07) is 12.9. The molecule has 0 atom stereocenters. The minimum atomic E-state index is -1.18. The van der Waals surface area contributed by atoms with Crippen molar-refractivity contribution in [3.05, 3.63) is 65.7 Å². The number of amides is 1. The second kappa shape index (κ2) is 7.95. The molecule has 0 spiro atoms. The van der Waals surface area contributed by atoms with Gasteiger partial charge in [-0.05, 0) is 24.3 Å². The van der Waals surface area contributed by atoms with Crippen LogP contribution in [0, 0.1) is 11.6 Å². The first-order valence-corrected chi connectivity index (χ1v) is 8.25. The summed E-state index contributed by atoms with van der Waals surface area (Å²) in [6.07, 6.45) is 0. The maximum atomic E-state index is 13.5. The van der Waals surface area contributed by atoms with Gasteiger partial charge in [0.15, 0.2) is 6.61 Å². The monoisotopic (exact) mass is 360 g/mol. The summed E-state index contributed by atoms with van der Waals surface area (Å²) in [5, 5.41) is 0. The molecule has 0 bridgehead atoms. The molecule has 0 aromatic heterocycles. The van der Waals surface area contributed by atoms with E-state index in [0.29, 0.717) is 26.2 Å². The van der Waals surface area contributed by atoms with Crippen molar-refractivity contribution in [3.63, 3.8) is 0 Å². The quantitative estimate of drug-likeness (QED) is 0.786. The molecule has 1 aliphatic heterocycles. The Labute approximate surface area is 149 Å². The minimum absolute atomic E-state index is 0.386. The molecule has 5 nitrogen and oxygen atoms in total. The number of hydrogen-bond acceptors (Lipinski definition) is 4. The molecule has 3 rings (SSSR count). The number of esters is 1. The van der Waals surface area contributed by atoms with Gasteiger partial charge < -0.3 is 14.5 Å². The summed E-state index contributed by atoms with van der Waals surface area (Å²) >= 11 is 0. The fourth-order valence-corrected chi connectivity index (χ4v) is 2.84. The number of para-hydroxylation sites is 1. The molecule has 1 heterocycles. The van der Waals surface area contributed by atoms with Crippen molar-refractivity contribution in [1.29, 1.82) is 0 Å². The van der Waals surface area contributed by atoms with Gasteiger partial charge in [-0.15, -0.1) is 0 Å². The number of ether oxygens (including phenoxy) is 1. The van der Waals surface area contributed by atoms with Gasteiger partial charge in [-0.2, -0.15) is 0 Å². The number of carbonyl (C=O) groups excluding carboxylic acids is 2. The molecule has 26 heavy (non-hydrogen) atoms. The van der Waals surface area contributed by atoms with Crippen LogP contribution in [0.25, 0.3) is 0 Å². The zero-order chi connectivity index (χ0) is 18.5. The van der Waals surface area contributed by atoms with Crippen molar-refractivity contribution in [2.45, 2.75) is 0 Å². The van der Waals surface area contributed by atoms with Gasteiger partial charge in [0, 0.05) is 31.9 Å². The van der Waals surface area contributed by atoms with Gasteiger partial charge in [-0.25, -0.2) is 13.6 Å². The highest BCUT2D eigenvalue weighted by Gasteiger charge is 2.24. The molecule has 2 aromatic rings. The lowest BCUT2D eigenvalue weighted by Crippen LogP contribution is -2.49. The Morgan fingerprint density at radius 2 is 1.50 bits per heavy atom. The van der Waals surface area contributed by atoms with Gasteiger partial charge in [0.05, 0.1) is 0 Å². The molecule has 0 radical (unpaired) electrons. The molecule has 1 saturated heterocycles. The number of anilines is 1. The molecule has 1 fully saturated rings. The summed E-state index contributed by atoms with van der Waals surface area (Å²) in [5.74, 6) is -3.60. The first kappa shape index (κ1) is 17.8. The Bertz CT molecular complexity index is 770. The van der Waals surface area contributed by atoms with Crippen molar-refractivity contribution in [2.75, 3.05) is 37.7 Å². The maximum absolute atomic E-state index is 13.5. The van der Waals surface area contributed by atoms with Gasteiger partial charge in [0.1, 0.15) is 17.2 Å². The third-order valence-corrected chi connectivity index (χ3v) is 4.25. The fourth-order valence-electron chi connectivity index (χ4n) is 2.84. The first-order chi connectivity index (χ1) is 12.6. The summed E-state index contributed by atoms with van der Waals surface area (Å²) in [5.41, 5.74) is 0.301. The lowest BCUT2D eigenvalue weighted by Gasteiger charge is -2.36. The zero-order valence-corrected chi connectivity index (χ0v) is 14.0. The van der Waals surface area contributed by atoms with Crippen molar-refractivity contribution in [3.8, 4) is 0 Å². The molecule has 0 N–H and O–H groups in total. The minimum Gasteiger partial charge on any atom is -0.452 e. The van der Waals surface area contributed by atoms with Crippen LogP contribution >= 0.6 is 0 Å². The number of piperazine rings is 1. The van der Waals surface area contributed by atoms with E-state index in [-0.39, 0.29) is 5.91 Å². The van der Waals surface area contributed by atoms with E-state index < -0.39 is 29.8 Å². The molecule has 136 valence electrons. The molecule has 7 heteroatoms. The van der Waals surface area contributed by atoms with Crippen LogP contribution in [0.4, 0.5) is 14.5 Å². The van der Waals surface area contributed by atoms with Crippen LogP contribution in [0.5, 0.6) is 0 Å². The third-order valence-electron chi connectivity index (χ3n) is 4.25. The van der Waals surface area contributed by atoms with E-state index in [1.54, 1.807) is 4.90 Å². The van der Waals surface area contributed by atoms with Crippen LogP contribution in [0.15, 0.2) is 48.5 Å². The Morgan fingerprint density at radius 3 is 2.12 bits per heavy atom. The number of benzene rings is 2. The van der Waals surface area contributed by atoms with Gasteiger partial charge >= 0.3 is 5.97 Å². The summed E-state index contributed by atoms with van der Waals surface area (Å²) < 4.78 is 31.9. The summed E-state index contributed by atoms with van der Waals surface area (Å²) in [4.78, 5) is 27.8. The van der Waals surface area contributed by atoms with Gasteiger partial charge in [0.25, 0.3) is 5.91 Å². The predicted octanol–water partition coefficient (Wildman–Crippen LogP) is 2.47. The molecule has 0 unspecified atom stereocenters. The number of nitrogens with zero attached hydrogens (tertiary/aromatic N) is 2. The van der Waals surface area contributed by atoms with Gasteiger partial charge in [-0.1, -0.05) is 24.3 Å². The Balaban J connectivity index is 1.51. The highest BCUT2D eigenvalue weighted by Crippen LogP contribution is 2.16. The van der Waals surface area contributed by atoms with Crippen LogP contribution in [0.1, 0.15) is 10.4 Å². The van der Waals surface area contributed by atoms with Crippen LogP contribution in [0.3, 0.4) is 0 Å². The van der Waals surface area contributed by atoms with Gasteiger partial charge in [-0.3, -0.25) is 4.79 Å². The van der Waals surface area contributed by atoms with Crippen molar-refractivity contribution < 1.29 is 23.1 Å². The van der Waals surface area contributed by atoms with Crippen molar-refractivity contribution >= 4 is 17.6 Å². The number of halogens is 2. The summed E-state index contributed by atoms with van der Waals surface area (Å²) in [7, 11) is 0. The molecule has 0 aliphatic carbocycles. The number of carbonyl (C=O) groups is 2. The van der Waals surface area contributed by atoms with Crippen molar-refractivity contribution in [1.82, 2.24) is 4.90 Å². The van der Waals surface area contributed by atoms with Crippen LogP contribution < -0.4 is 4.90 Å². The normalized spacial score (nSPS) is 14.2. The van der Waals surface area contributed by atoms with E-state index in [0.717, 1.165) is 23.9 Å². The SMILES string of the molecule is O=C(OCC(=O)N1CCN(c2ccccc2)CC1)c1c(F)cccc1F. The van der Waals surface area contributed by atoms with Gasteiger partial charge in [0.2, 0.25) is 0 Å². The molecule has 1 aliphatic rings. The largest absolute Gasteiger partial charge is 0.452 e. The van der Waals surface area contributed by atoms with E-state index in [4.69, 9.17) is 4.74 Å². The lowest BCUT2D eigenvalue weighted by molar-refractivity contribution is -0.134. The van der Waals surface area contributed by atoms with Crippen molar-refractivity contribution in [2.24, 2.45) is 0 Å². The summed E-state index contributed by atoms with van der Waals surface area (Å²) in [6.45, 7) is 1.74. The smallest absolute Gasteiger partial charge is 0.344 e. The Hall–Kier alpha value is -2.96. The van der Waals surface area contributed by atoms with Crippen LogP contribution in [-0.4, -0.2) is 49.6 Å². The maximum Gasteiger partial charge on any atom is 0.344 e.